The maximum atomic E-state index is 8.86. The van der Waals surface area contributed by atoms with E-state index in [2.05, 4.69) is 10.00 Å². The first-order valence-electron chi connectivity index (χ1n) is 9.19. The number of hydrogen-bond acceptors (Lipinski definition) is 6. The Kier molecular flexibility index (Phi) is 4.65. The zero-order valence-electron chi connectivity index (χ0n) is 14.1. The molecule has 2 atom stereocenters. The molecule has 4 rings (SSSR count). The monoisotopic (exact) mass is 336 g/mol. The van der Waals surface area contributed by atoms with Crippen LogP contribution in [0.2, 0.25) is 0 Å². The summed E-state index contributed by atoms with van der Waals surface area (Å²) in [7, 11) is 0. The molecule has 0 amide bonds. The third-order valence-corrected chi connectivity index (χ3v) is 5.81. The van der Waals surface area contributed by atoms with Crippen LogP contribution >= 0.6 is 0 Å². The molecule has 1 unspecified atom stereocenters. The van der Waals surface area contributed by atoms with E-state index in [-0.39, 0.29) is 13.2 Å². The molecule has 1 aromatic heterocycles. The normalized spacial score (nSPS) is 33.7. The van der Waals surface area contributed by atoms with Crippen LogP contribution in [0, 0.1) is 0 Å². The molecule has 24 heavy (non-hydrogen) atoms. The van der Waals surface area contributed by atoms with Gasteiger partial charge in [-0.2, -0.15) is 0 Å². The second-order valence-electron chi connectivity index (χ2n) is 7.27. The highest BCUT2D eigenvalue weighted by Gasteiger charge is 2.42. The van der Waals surface area contributed by atoms with Gasteiger partial charge < -0.3 is 20.3 Å². The number of anilines is 1. The minimum atomic E-state index is -0.0285. The molecule has 7 heteroatoms. The Morgan fingerprint density at radius 1 is 1.08 bits per heavy atom. The fraction of sp³-hybridized carbons (Fsp3) is 0.824. The Balaban J connectivity index is 1.36. The Hall–Kier alpha value is -1.31. The summed E-state index contributed by atoms with van der Waals surface area (Å²) in [5, 5.41) is 13.3. The number of aliphatic hydroxyl groups is 1. The first kappa shape index (κ1) is 16.2. The molecule has 2 aliphatic heterocycles. The molecule has 3 N–H and O–H groups in total. The van der Waals surface area contributed by atoms with Crippen molar-refractivity contribution >= 4 is 5.69 Å². The average Bonchev–Trinajstić information content (AvgIpc) is 3.09. The second kappa shape index (κ2) is 6.90. The van der Waals surface area contributed by atoms with Gasteiger partial charge in [-0.15, -0.1) is 5.10 Å². The smallest absolute Gasteiger partial charge is 0.256 e. The molecule has 2 bridgehead atoms. The molecular formula is C17H28N4O3. The molecule has 0 spiro atoms. The number of aliphatic hydroxyl groups excluding tert-OH is 1. The summed E-state index contributed by atoms with van der Waals surface area (Å²) in [6.07, 6.45) is 9.15. The van der Waals surface area contributed by atoms with E-state index in [1.54, 1.807) is 0 Å². The summed E-state index contributed by atoms with van der Waals surface area (Å²) in [5.74, 6) is 0.442. The van der Waals surface area contributed by atoms with Crippen molar-refractivity contribution < 1.29 is 14.6 Å². The summed E-state index contributed by atoms with van der Waals surface area (Å²) >= 11 is 0. The number of hydrogen-bond donors (Lipinski definition) is 2. The number of nitrogens with zero attached hydrogens (tertiary/aromatic N) is 3. The largest absolute Gasteiger partial charge is 0.473 e. The maximum Gasteiger partial charge on any atom is 0.256 e. The molecule has 1 aromatic rings. The molecule has 134 valence electrons. The van der Waals surface area contributed by atoms with Crippen LogP contribution in [-0.4, -0.2) is 64.3 Å². The standard InChI is InChI=1S/C17H28N4O3/c18-16-9-20(19-17(16)24-8-7-22)12-1-3-13(4-2-12)21-14-5-6-15(21)11-23-10-14/h9,12-15,22H,1-8,10-11,18H2/t12?,13?,14-,15?/m0/s1. The minimum Gasteiger partial charge on any atom is -0.473 e. The van der Waals surface area contributed by atoms with E-state index in [1.165, 1.54) is 25.7 Å². The average molecular weight is 336 g/mol. The Morgan fingerprint density at radius 3 is 2.38 bits per heavy atom. The molecule has 0 radical (unpaired) electrons. The van der Waals surface area contributed by atoms with Crippen molar-refractivity contribution in [3.8, 4) is 5.88 Å². The predicted octanol–water partition coefficient (Wildman–Crippen LogP) is 1.18. The SMILES string of the molecule is Nc1cn(C2CCC(N3C4CC[C@H]3COC4)CC2)nc1OCCO. The molecule has 3 fully saturated rings. The first-order valence-corrected chi connectivity index (χ1v) is 9.19. The van der Waals surface area contributed by atoms with E-state index in [1.807, 2.05) is 10.9 Å². The van der Waals surface area contributed by atoms with E-state index >= 15 is 0 Å². The summed E-state index contributed by atoms with van der Waals surface area (Å²) < 4.78 is 13.1. The quantitative estimate of drug-likeness (QED) is 0.840. The van der Waals surface area contributed by atoms with Gasteiger partial charge in [0.1, 0.15) is 12.3 Å². The van der Waals surface area contributed by atoms with Gasteiger partial charge in [-0.3, -0.25) is 9.58 Å². The lowest BCUT2D eigenvalue weighted by atomic mass is 9.89. The zero-order valence-corrected chi connectivity index (χ0v) is 14.1. The Morgan fingerprint density at radius 2 is 1.71 bits per heavy atom. The lowest BCUT2D eigenvalue weighted by Crippen LogP contribution is -2.52. The minimum absolute atomic E-state index is 0.0285. The third-order valence-electron chi connectivity index (χ3n) is 5.81. The number of morpholine rings is 1. The molecule has 7 nitrogen and oxygen atoms in total. The van der Waals surface area contributed by atoms with Crippen LogP contribution in [0.3, 0.4) is 0 Å². The molecule has 2 saturated heterocycles. The fourth-order valence-corrected chi connectivity index (χ4v) is 4.71. The lowest BCUT2D eigenvalue weighted by molar-refractivity contribution is -0.0458. The van der Waals surface area contributed by atoms with Crippen molar-refractivity contribution in [3.63, 3.8) is 0 Å². The molecule has 3 heterocycles. The summed E-state index contributed by atoms with van der Waals surface area (Å²) in [6, 6.07) is 2.38. The number of aromatic nitrogens is 2. The first-order chi connectivity index (χ1) is 11.8. The van der Waals surface area contributed by atoms with Gasteiger partial charge in [-0.1, -0.05) is 0 Å². The number of nitrogen functional groups attached to an aromatic ring is 1. The van der Waals surface area contributed by atoms with E-state index in [0.29, 0.717) is 35.7 Å². The number of fused-ring (bicyclic) bond motifs is 2. The van der Waals surface area contributed by atoms with Crippen molar-refractivity contribution in [2.45, 2.75) is 62.7 Å². The predicted molar refractivity (Wildman–Crippen MR) is 90.0 cm³/mol. The van der Waals surface area contributed by atoms with Gasteiger partial charge in [0, 0.05) is 18.1 Å². The van der Waals surface area contributed by atoms with Crippen molar-refractivity contribution in [3.05, 3.63) is 6.20 Å². The third kappa shape index (κ3) is 3.00. The van der Waals surface area contributed by atoms with E-state index in [9.17, 15) is 0 Å². The highest BCUT2D eigenvalue weighted by molar-refractivity contribution is 5.46. The Labute approximate surface area is 142 Å². The van der Waals surface area contributed by atoms with Crippen LogP contribution in [-0.2, 0) is 4.74 Å². The Bertz CT molecular complexity index is 540. The number of ether oxygens (including phenoxy) is 2. The van der Waals surface area contributed by atoms with Crippen molar-refractivity contribution in [1.82, 2.24) is 14.7 Å². The number of nitrogens with two attached hydrogens (primary N) is 1. The van der Waals surface area contributed by atoms with Crippen molar-refractivity contribution in [2.75, 3.05) is 32.2 Å². The fourth-order valence-electron chi connectivity index (χ4n) is 4.71. The van der Waals surface area contributed by atoms with E-state index in [0.717, 1.165) is 26.1 Å². The van der Waals surface area contributed by atoms with Gasteiger partial charge in [-0.05, 0) is 38.5 Å². The number of rotatable bonds is 5. The van der Waals surface area contributed by atoms with Crippen LogP contribution in [0.1, 0.15) is 44.6 Å². The van der Waals surface area contributed by atoms with Crippen LogP contribution in [0.4, 0.5) is 5.69 Å². The van der Waals surface area contributed by atoms with Gasteiger partial charge in [0.05, 0.1) is 32.1 Å². The van der Waals surface area contributed by atoms with E-state index in [4.69, 9.17) is 20.3 Å². The van der Waals surface area contributed by atoms with Crippen LogP contribution in [0.15, 0.2) is 6.20 Å². The van der Waals surface area contributed by atoms with Crippen LogP contribution < -0.4 is 10.5 Å². The molecule has 0 aromatic carbocycles. The molecule has 3 aliphatic rings. The summed E-state index contributed by atoms with van der Waals surface area (Å²) in [6.45, 7) is 2.03. The topological polar surface area (TPSA) is 85.8 Å². The highest BCUT2D eigenvalue weighted by Crippen LogP contribution is 2.38. The molecule has 1 aliphatic carbocycles. The lowest BCUT2D eigenvalue weighted by Gasteiger charge is -2.43. The summed E-state index contributed by atoms with van der Waals surface area (Å²) in [5.41, 5.74) is 6.52. The van der Waals surface area contributed by atoms with Gasteiger partial charge in [-0.25, -0.2) is 0 Å². The van der Waals surface area contributed by atoms with Crippen molar-refractivity contribution in [1.29, 1.82) is 0 Å². The van der Waals surface area contributed by atoms with Crippen molar-refractivity contribution in [2.24, 2.45) is 0 Å². The van der Waals surface area contributed by atoms with Gasteiger partial charge in [0.15, 0.2) is 0 Å². The zero-order chi connectivity index (χ0) is 16.5. The van der Waals surface area contributed by atoms with Gasteiger partial charge in [0.2, 0.25) is 0 Å². The molecular weight excluding hydrogens is 308 g/mol. The maximum absolute atomic E-state index is 8.86. The summed E-state index contributed by atoms with van der Waals surface area (Å²) in [4.78, 5) is 2.76. The second-order valence-corrected chi connectivity index (χ2v) is 7.27. The van der Waals surface area contributed by atoms with Crippen LogP contribution in [0.5, 0.6) is 5.88 Å². The molecule has 1 saturated carbocycles. The van der Waals surface area contributed by atoms with Gasteiger partial charge >= 0.3 is 0 Å². The van der Waals surface area contributed by atoms with E-state index < -0.39 is 0 Å². The van der Waals surface area contributed by atoms with Gasteiger partial charge in [0.25, 0.3) is 5.88 Å². The highest BCUT2D eigenvalue weighted by atomic mass is 16.5. The van der Waals surface area contributed by atoms with Crippen LogP contribution in [0.25, 0.3) is 0 Å².